The van der Waals surface area contributed by atoms with Crippen molar-refractivity contribution in [3.05, 3.63) is 76.9 Å². The van der Waals surface area contributed by atoms with Crippen LogP contribution in [0, 0.1) is 5.41 Å². The van der Waals surface area contributed by atoms with Crippen LogP contribution in [0.15, 0.2) is 55.0 Å². The maximum absolute atomic E-state index is 4.67. The molecule has 0 atom stereocenters. The molecule has 0 unspecified atom stereocenters. The first-order valence-corrected chi connectivity index (χ1v) is 9.17. The first-order valence-electron chi connectivity index (χ1n) is 9.17. The highest BCUT2D eigenvalue weighted by Crippen LogP contribution is 2.28. The second-order valence-electron chi connectivity index (χ2n) is 7.83. The Bertz CT molecular complexity index is 1080. The van der Waals surface area contributed by atoms with Gasteiger partial charge >= 0.3 is 0 Å². The van der Waals surface area contributed by atoms with Crippen LogP contribution in [0.3, 0.4) is 0 Å². The molecule has 0 spiro atoms. The SMILES string of the molecule is CC1(C)C=c2c(cc3n2CCN(c2cccnc2)C=3c2ccccn2)C1. The van der Waals surface area contributed by atoms with Crippen LogP contribution in [0.1, 0.15) is 25.1 Å². The fourth-order valence-corrected chi connectivity index (χ4v) is 4.28. The lowest BCUT2D eigenvalue weighted by Gasteiger charge is -2.31. The molecule has 0 amide bonds. The van der Waals surface area contributed by atoms with Crippen LogP contribution in [-0.4, -0.2) is 21.1 Å². The quantitative estimate of drug-likeness (QED) is 0.717. The van der Waals surface area contributed by atoms with E-state index < -0.39 is 0 Å². The Morgan fingerprint density at radius 1 is 1.04 bits per heavy atom. The normalized spacial score (nSPS) is 17.6. The van der Waals surface area contributed by atoms with Crippen LogP contribution in [0.5, 0.6) is 0 Å². The third-order valence-electron chi connectivity index (χ3n) is 5.32. The van der Waals surface area contributed by atoms with Gasteiger partial charge in [0.2, 0.25) is 0 Å². The summed E-state index contributed by atoms with van der Waals surface area (Å²) in [4.78, 5) is 11.3. The highest BCUT2D eigenvalue weighted by atomic mass is 15.2. The van der Waals surface area contributed by atoms with Crippen molar-refractivity contribution in [3.63, 3.8) is 0 Å². The van der Waals surface area contributed by atoms with Crippen molar-refractivity contribution in [3.8, 4) is 0 Å². The number of pyridine rings is 2. The molecule has 130 valence electrons. The Labute approximate surface area is 153 Å². The number of hydrogen-bond donors (Lipinski definition) is 0. The number of aromatic nitrogens is 3. The summed E-state index contributed by atoms with van der Waals surface area (Å²) >= 11 is 0. The van der Waals surface area contributed by atoms with E-state index in [9.17, 15) is 0 Å². The molecule has 4 heterocycles. The van der Waals surface area contributed by atoms with Crippen LogP contribution in [0.2, 0.25) is 0 Å². The molecule has 1 aliphatic heterocycles. The fraction of sp³-hybridized carbons (Fsp3) is 0.273. The summed E-state index contributed by atoms with van der Waals surface area (Å²) in [5.74, 6) is 0. The lowest BCUT2D eigenvalue weighted by atomic mass is 9.92. The predicted octanol–water partition coefficient (Wildman–Crippen LogP) is 2.32. The van der Waals surface area contributed by atoms with E-state index in [1.807, 2.05) is 30.7 Å². The van der Waals surface area contributed by atoms with Gasteiger partial charge in [-0.05, 0) is 47.7 Å². The van der Waals surface area contributed by atoms with Gasteiger partial charge in [-0.3, -0.25) is 9.97 Å². The predicted molar refractivity (Wildman–Crippen MR) is 104 cm³/mol. The van der Waals surface area contributed by atoms with Crippen molar-refractivity contribution in [2.24, 2.45) is 5.41 Å². The Morgan fingerprint density at radius 3 is 2.73 bits per heavy atom. The van der Waals surface area contributed by atoms with Gasteiger partial charge in [0.1, 0.15) is 0 Å². The molecule has 0 saturated heterocycles. The van der Waals surface area contributed by atoms with E-state index in [4.69, 9.17) is 0 Å². The molecule has 1 aliphatic carbocycles. The van der Waals surface area contributed by atoms with Crippen LogP contribution in [0.25, 0.3) is 11.8 Å². The molecule has 0 fully saturated rings. The summed E-state index contributed by atoms with van der Waals surface area (Å²) in [7, 11) is 0. The van der Waals surface area contributed by atoms with Gasteiger partial charge in [-0.15, -0.1) is 0 Å². The van der Waals surface area contributed by atoms with Crippen LogP contribution >= 0.6 is 0 Å². The van der Waals surface area contributed by atoms with Crippen LogP contribution in [-0.2, 0) is 13.0 Å². The summed E-state index contributed by atoms with van der Waals surface area (Å²) < 4.78 is 2.47. The Kier molecular flexibility index (Phi) is 3.29. The number of fused-ring (bicyclic) bond motifs is 3. The summed E-state index contributed by atoms with van der Waals surface area (Å²) in [6.45, 7) is 6.52. The lowest BCUT2D eigenvalue weighted by molar-refractivity contribution is 0.528. The average molecular weight is 342 g/mol. The highest BCUT2D eigenvalue weighted by molar-refractivity contribution is 5.77. The Hall–Kier alpha value is -2.88. The first-order chi connectivity index (χ1) is 12.6. The van der Waals surface area contributed by atoms with E-state index in [-0.39, 0.29) is 5.41 Å². The van der Waals surface area contributed by atoms with E-state index >= 15 is 0 Å². The van der Waals surface area contributed by atoms with E-state index in [2.05, 4.69) is 63.6 Å². The van der Waals surface area contributed by atoms with Crippen molar-refractivity contribution < 1.29 is 0 Å². The molecule has 4 nitrogen and oxygen atoms in total. The summed E-state index contributed by atoms with van der Waals surface area (Å²) in [5.41, 5.74) is 4.99. The summed E-state index contributed by atoms with van der Waals surface area (Å²) in [5, 5.41) is 2.65. The zero-order chi connectivity index (χ0) is 17.7. The van der Waals surface area contributed by atoms with Gasteiger partial charge in [-0.2, -0.15) is 0 Å². The molecular weight excluding hydrogens is 320 g/mol. The topological polar surface area (TPSA) is 34.0 Å². The van der Waals surface area contributed by atoms with Crippen LogP contribution in [0.4, 0.5) is 5.69 Å². The van der Waals surface area contributed by atoms with Gasteiger partial charge < -0.3 is 9.47 Å². The highest BCUT2D eigenvalue weighted by Gasteiger charge is 2.29. The van der Waals surface area contributed by atoms with Crippen molar-refractivity contribution in [2.75, 3.05) is 11.4 Å². The monoisotopic (exact) mass is 342 g/mol. The molecule has 0 aromatic carbocycles. The molecule has 0 bridgehead atoms. The molecule has 5 rings (SSSR count). The standard InChI is InChI=1S/C22H22N4/c1-22(2)13-16-12-19-21(18-7-3-4-9-24-18)25(17-6-5-8-23-15-17)10-11-26(19)20(16)14-22/h3-9,12,14-15H,10-11,13H2,1-2H3. The van der Waals surface area contributed by atoms with E-state index in [1.165, 1.54) is 22.0 Å². The number of rotatable bonds is 2. The van der Waals surface area contributed by atoms with Gasteiger partial charge in [0.15, 0.2) is 0 Å². The van der Waals surface area contributed by atoms with Crippen LogP contribution < -0.4 is 15.6 Å². The first kappa shape index (κ1) is 15.4. The van der Waals surface area contributed by atoms with E-state index in [0.29, 0.717) is 0 Å². The summed E-state index contributed by atoms with van der Waals surface area (Å²) in [6.07, 6.45) is 9.16. The second-order valence-corrected chi connectivity index (χ2v) is 7.83. The van der Waals surface area contributed by atoms with Gasteiger partial charge in [0.05, 0.1) is 28.6 Å². The average Bonchev–Trinajstić information content (AvgIpc) is 3.14. The zero-order valence-electron chi connectivity index (χ0n) is 15.2. The smallest absolute Gasteiger partial charge is 0.0914 e. The van der Waals surface area contributed by atoms with Gasteiger partial charge in [0, 0.05) is 30.8 Å². The molecule has 0 N–H and O–H groups in total. The van der Waals surface area contributed by atoms with E-state index in [1.54, 1.807) is 0 Å². The third-order valence-corrected chi connectivity index (χ3v) is 5.32. The Morgan fingerprint density at radius 2 is 1.96 bits per heavy atom. The maximum Gasteiger partial charge on any atom is 0.0914 e. The molecule has 0 radical (unpaired) electrons. The molecule has 3 aromatic rings. The molecule has 3 aromatic heterocycles. The summed E-state index contributed by atoms with van der Waals surface area (Å²) in [6, 6.07) is 12.6. The molecule has 0 saturated carbocycles. The minimum atomic E-state index is 0.248. The largest absolute Gasteiger partial charge is 0.338 e. The second kappa shape index (κ2) is 5.56. The van der Waals surface area contributed by atoms with Gasteiger partial charge in [0.25, 0.3) is 0 Å². The fourth-order valence-electron chi connectivity index (χ4n) is 4.28. The molecular formula is C22H22N4. The number of hydrogen-bond acceptors (Lipinski definition) is 3. The Balaban J connectivity index is 1.81. The molecule has 2 aliphatic rings. The number of anilines is 1. The maximum atomic E-state index is 4.67. The number of nitrogens with zero attached hydrogens (tertiary/aromatic N) is 4. The molecule has 4 heteroatoms. The van der Waals surface area contributed by atoms with Crippen molar-refractivity contribution in [1.29, 1.82) is 0 Å². The van der Waals surface area contributed by atoms with Crippen molar-refractivity contribution >= 4 is 17.5 Å². The third kappa shape index (κ3) is 2.37. The van der Waals surface area contributed by atoms with E-state index in [0.717, 1.165) is 30.9 Å². The zero-order valence-corrected chi connectivity index (χ0v) is 15.2. The van der Waals surface area contributed by atoms with Gasteiger partial charge in [-0.1, -0.05) is 26.0 Å². The van der Waals surface area contributed by atoms with Gasteiger partial charge in [-0.25, -0.2) is 0 Å². The molecule has 26 heavy (non-hydrogen) atoms. The minimum Gasteiger partial charge on any atom is -0.338 e. The van der Waals surface area contributed by atoms with Crippen molar-refractivity contribution in [1.82, 2.24) is 14.5 Å². The lowest BCUT2D eigenvalue weighted by Crippen LogP contribution is -2.43. The van der Waals surface area contributed by atoms with Crippen molar-refractivity contribution in [2.45, 2.75) is 26.8 Å². The minimum absolute atomic E-state index is 0.248.